The second kappa shape index (κ2) is 2.34. The van der Waals surface area contributed by atoms with Crippen LogP contribution in [0.3, 0.4) is 0 Å². The second-order valence-electron chi connectivity index (χ2n) is 2.87. The summed E-state index contributed by atoms with van der Waals surface area (Å²) in [6.07, 6.45) is 2.02. The number of halogens is 1. The maximum Gasteiger partial charge on any atom is 0.181 e. The molecule has 60 valence electrons. The molecule has 0 aliphatic carbocycles. The van der Waals surface area contributed by atoms with Crippen molar-refractivity contribution in [1.29, 1.82) is 0 Å². The fraction of sp³-hybridized carbons (Fsp3) is 0.500. The molecule has 11 heavy (non-hydrogen) atoms. The van der Waals surface area contributed by atoms with Crippen molar-refractivity contribution in [2.45, 2.75) is 12.1 Å². The summed E-state index contributed by atoms with van der Waals surface area (Å²) in [6, 6.07) is 3.40. The Morgan fingerprint density at radius 3 is 3.09 bits per heavy atom. The summed E-state index contributed by atoms with van der Waals surface area (Å²) in [5.74, 6) is 0.447. The molecule has 2 nitrogen and oxygen atoms in total. The smallest absolute Gasteiger partial charge is 0.181 e. The molecule has 2 rings (SSSR count). The van der Waals surface area contributed by atoms with Crippen LogP contribution in [-0.2, 0) is 5.67 Å². The van der Waals surface area contributed by atoms with Gasteiger partial charge < -0.3 is 9.73 Å². The summed E-state index contributed by atoms with van der Waals surface area (Å²) in [5, 5.41) is 2.97. The van der Waals surface area contributed by atoms with Crippen LogP contribution in [0.5, 0.6) is 0 Å². The molecule has 1 fully saturated rings. The number of hydrogen-bond acceptors (Lipinski definition) is 2. The molecule has 1 aromatic heterocycles. The Hall–Kier alpha value is -0.830. The summed E-state index contributed by atoms with van der Waals surface area (Å²) in [4.78, 5) is 0. The zero-order valence-electron chi connectivity index (χ0n) is 6.14. The molecule has 1 atom stereocenters. The van der Waals surface area contributed by atoms with Crippen molar-refractivity contribution in [2.75, 3.05) is 13.1 Å². The van der Waals surface area contributed by atoms with E-state index in [2.05, 4.69) is 5.32 Å². The molecular formula is C8H10FNO. The average Bonchev–Trinajstić information content (AvgIpc) is 2.55. The first-order chi connectivity index (χ1) is 5.31. The summed E-state index contributed by atoms with van der Waals surface area (Å²) < 4.78 is 18.7. The van der Waals surface area contributed by atoms with E-state index in [1.807, 2.05) is 0 Å². The van der Waals surface area contributed by atoms with Crippen molar-refractivity contribution in [3.63, 3.8) is 0 Å². The van der Waals surface area contributed by atoms with Gasteiger partial charge in [-0.15, -0.1) is 0 Å². The predicted molar refractivity (Wildman–Crippen MR) is 39.0 cm³/mol. The van der Waals surface area contributed by atoms with E-state index in [0.29, 0.717) is 18.7 Å². The van der Waals surface area contributed by atoms with E-state index in [9.17, 15) is 4.39 Å². The first-order valence-electron chi connectivity index (χ1n) is 3.75. The Balaban J connectivity index is 2.27. The van der Waals surface area contributed by atoms with Gasteiger partial charge in [0.2, 0.25) is 0 Å². The van der Waals surface area contributed by atoms with Crippen LogP contribution in [0.1, 0.15) is 12.2 Å². The fourth-order valence-electron chi connectivity index (χ4n) is 1.41. The third-order valence-electron chi connectivity index (χ3n) is 2.07. The van der Waals surface area contributed by atoms with E-state index in [-0.39, 0.29) is 0 Å². The lowest BCUT2D eigenvalue weighted by Crippen LogP contribution is -2.22. The van der Waals surface area contributed by atoms with Gasteiger partial charge in [0.15, 0.2) is 5.67 Å². The molecule has 1 N–H and O–H groups in total. The Morgan fingerprint density at radius 2 is 2.55 bits per heavy atom. The van der Waals surface area contributed by atoms with E-state index in [1.54, 1.807) is 12.1 Å². The summed E-state index contributed by atoms with van der Waals surface area (Å²) >= 11 is 0. The Kier molecular flexibility index (Phi) is 1.46. The highest BCUT2D eigenvalue weighted by atomic mass is 19.1. The monoisotopic (exact) mass is 155 g/mol. The van der Waals surface area contributed by atoms with Crippen LogP contribution in [0.25, 0.3) is 0 Å². The molecule has 1 aromatic rings. The Bertz CT molecular complexity index is 226. The minimum Gasteiger partial charge on any atom is -0.466 e. The maximum absolute atomic E-state index is 13.7. The molecule has 0 radical (unpaired) electrons. The minimum absolute atomic E-state index is 0.376. The fourth-order valence-corrected chi connectivity index (χ4v) is 1.41. The number of furan rings is 1. The van der Waals surface area contributed by atoms with Crippen LogP contribution in [-0.4, -0.2) is 13.1 Å². The van der Waals surface area contributed by atoms with Gasteiger partial charge in [-0.25, -0.2) is 4.39 Å². The molecule has 0 spiro atoms. The number of hydrogen-bond donors (Lipinski definition) is 1. The van der Waals surface area contributed by atoms with E-state index in [0.717, 1.165) is 6.54 Å². The Morgan fingerprint density at radius 1 is 1.64 bits per heavy atom. The minimum atomic E-state index is -1.26. The van der Waals surface area contributed by atoms with Crippen molar-refractivity contribution in [2.24, 2.45) is 0 Å². The largest absolute Gasteiger partial charge is 0.466 e. The first kappa shape index (κ1) is 6.85. The van der Waals surface area contributed by atoms with Gasteiger partial charge in [0.1, 0.15) is 5.76 Å². The van der Waals surface area contributed by atoms with E-state index >= 15 is 0 Å². The van der Waals surface area contributed by atoms with E-state index in [1.165, 1.54) is 6.26 Å². The van der Waals surface area contributed by atoms with Crippen LogP contribution in [0.4, 0.5) is 4.39 Å². The van der Waals surface area contributed by atoms with Crippen LogP contribution in [0.2, 0.25) is 0 Å². The van der Waals surface area contributed by atoms with Gasteiger partial charge in [0.05, 0.1) is 6.26 Å². The summed E-state index contributed by atoms with van der Waals surface area (Å²) in [5.41, 5.74) is -1.26. The Labute approximate surface area is 64.4 Å². The molecule has 0 saturated carbocycles. The van der Waals surface area contributed by atoms with Crippen molar-refractivity contribution >= 4 is 0 Å². The van der Waals surface area contributed by atoms with Gasteiger partial charge in [0, 0.05) is 13.0 Å². The molecule has 3 heteroatoms. The van der Waals surface area contributed by atoms with Gasteiger partial charge >= 0.3 is 0 Å². The van der Waals surface area contributed by atoms with Crippen molar-refractivity contribution in [3.8, 4) is 0 Å². The van der Waals surface area contributed by atoms with Crippen LogP contribution >= 0.6 is 0 Å². The lowest BCUT2D eigenvalue weighted by atomic mass is 10.0. The molecule has 1 aliphatic heterocycles. The average molecular weight is 155 g/mol. The molecule has 0 bridgehead atoms. The molecule has 1 aliphatic rings. The third-order valence-corrected chi connectivity index (χ3v) is 2.07. The highest BCUT2D eigenvalue weighted by molar-refractivity contribution is 5.12. The molecule has 0 amide bonds. The zero-order chi connectivity index (χ0) is 7.73. The SMILES string of the molecule is FC1(c2ccco2)CCNC1. The lowest BCUT2D eigenvalue weighted by Gasteiger charge is -2.13. The van der Waals surface area contributed by atoms with Gasteiger partial charge in [-0.1, -0.05) is 0 Å². The number of nitrogens with one attached hydrogen (secondary N) is 1. The lowest BCUT2D eigenvalue weighted by molar-refractivity contribution is 0.155. The molecule has 1 saturated heterocycles. The van der Waals surface area contributed by atoms with Crippen molar-refractivity contribution in [1.82, 2.24) is 5.32 Å². The van der Waals surface area contributed by atoms with Crippen LogP contribution in [0.15, 0.2) is 22.8 Å². The van der Waals surface area contributed by atoms with Crippen molar-refractivity contribution < 1.29 is 8.81 Å². The molecule has 2 heterocycles. The standard InChI is InChI=1S/C8H10FNO/c9-8(3-4-10-6-8)7-2-1-5-11-7/h1-2,5,10H,3-4,6H2. The quantitative estimate of drug-likeness (QED) is 0.663. The van der Waals surface area contributed by atoms with Gasteiger partial charge in [-0.05, 0) is 18.7 Å². The topological polar surface area (TPSA) is 25.2 Å². The third kappa shape index (κ3) is 1.05. The van der Waals surface area contributed by atoms with E-state index in [4.69, 9.17) is 4.42 Å². The number of rotatable bonds is 1. The van der Waals surface area contributed by atoms with E-state index < -0.39 is 5.67 Å². The van der Waals surface area contributed by atoms with Crippen molar-refractivity contribution in [3.05, 3.63) is 24.2 Å². The normalized spacial score (nSPS) is 31.0. The number of alkyl halides is 1. The highest BCUT2D eigenvalue weighted by Gasteiger charge is 2.37. The van der Waals surface area contributed by atoms with Gasteiger partial charge in [-0.2, -0.15) is 0 Å². The molecule has 0 aromatic carbocycles. The maximum atomic E-state index is 13.7. The first-order valence-corrected chi connectivity index (χ1v) is 3.75. The molecular weight excluding hydrogens is 145 g/mol. The second-order valence-corrected chi connectivity index (χ2v) is 2.87. The predicted octanol–water partition coefficient (Wildman–Crippen LogP) is 1.44. The summed E-state index contributed by atoms with van der Waals surface area (Å²) in [7, 11) is 0. The van der Waals surface area contributed by atoms with Gasteiger partial charge in [-0.3, -0.25) is 0 Å². The molecule has 1 unspecified atom stereocenters. The highest BCUT2D eigenvalue weighted by Crippen LogP contribution is 2.32. The summed E-state index contributed by atoms with van der Waals surface area (Å²) in [6.45, 7) is 1.11. The van der Waals surface area contributed by atoms with Crippen LogP contribution in [0, 0.1) is 0 Å². The van der Waals surface area contributed by atoms with Gasteiger partial charge in [0.25, 0.3) is 0 Å². The zero-order valence-corrected chi connectivity index (χ0v) is 6.14. The van der Waals surface area contributed by atoms with Crippen LogP contribution < -0.4 is 5.32 Å².